The smallest absolute Gasteiger partial charge is 0.157 e. The van der Waals surface area contributed by atoms with Crippen molar-refractivity contribution in [2.75, 3.05) is 0 Å². The zero-order valence-corrected chi connectivity index (χ0v) is 12.1. The first-order valence-corrected chi connectivity index (χ1v) is 6.31. The van der Waals surface area contributed by atoms with E-state index in [1.165, 1.54) is 0 Å². The van der Waals surface area contributed by atoms with Crippen molar-refractivity contribution in [1.82, 2.24) is 15.0 Å². The lowest BCUT2D eigenvalue weighted by Gasteiger charge is -1.90. The van der Waals surface area contributed by atoms with Crippen LogP contribution in [-0.4, -0.2) is 15.0 Å². The Kier molecular flexibility index (Phi) is 15.0. The van der Waals surface area contributed by atoms with Crippen LogP contribution in [0.2, 0.25) is 0 Å². The van der Waals surface area contributed by atoms with E-state index >= 15 is 0 Å². The summed E-state index contributed by atoms with van der Waals surface area (Å²) >= 11 is 2.24. The van der Waals surface area contributed by atoms with Gasteiger partial charge in [-0.3, -0.25) is 0 Å². The molecule has 0 saturated heterocycles. The zero-order chi connectivity index (χ0) is 11.8. The summed E-state index contributed by atoms with van der Waals surface area (Å²) in [4.78, 5) is 11.5. The van der Waals surface area contributed by atoms with Crippen LogP contribution in [0.1, 0.15) is 48.2 Å². The Morgan fingerprint density at radius 3 is 2.18 bits per heavy atom. The lowest BCUT2D eigenvalue weighted by molar-refractivity contribution is 1.17. The Morgan fingerprint density at radius 2 is 1.65 bits per heavy atom. The number of aryl methyl sites for hydroxylation is 1. The Labute approximate surface area is 120 Å². The first-order chi connectivity index (χ1) is 7.27. The quantitative estimate of drug-likeness (QED) is 0.663. The van der Waals surface area contributed by atoms with Gasteiger partial charge in [0, 0.05) is 6.20 Å². The fourth-order valence-corrected chi connectivity index (χ4v) is 1.48. The van der Waals surface area contributed by atoms with Crippen molar-refractivity contribution >= 4 is 33.8 Å². The molecule has 1 N–H and O–H groups in total. The van der Waals surface area contributed by atoms with Gasteiger partial charge >= 0.3 is 0 Å². The Bertz CT molecular complexity index is 396. The van der Waals surface area contributed by atoms with E-state index in [2.05, 4.69) is 37.5 Å². The number of nitrogens with zero attached hydrogens (tertiary/aromatic N) is 2. The molecule has 17 heavy (non-hydrogen) atoms. The average molecular weight is 351 g/mol. The van der Waals surface area contributed by atoms with Crippen molar-refractivity contribution in [3.8, 4) is 0 Å². The second kappa shape index (κ2) is 11.8. The van der Waals surface area contributed by atoms with Crippen LogP contribution in [0, 0.1) is 10.5 Å². The molecular formula is C13H26IN3. The molecule has 0 saturated carbocycles. The van der Waals surface area contributed by atoms with Crippen LogP contribution < -0.4 is 0 Å². The number of aromatic amines is 1. The molecule has 4 heteroatoms. The second-order valence-corrected chi connectivity index (χ2v) is 3.51. The van der Waals surface area contributed by atoms with Crippen LogP contribution >= 0.6 is 22.6 Å². The number of aromatic nitrogens is 3. The minimum atomic E-state index is 0. The molecule has 0 radical (unpaired) electrons. The lowest BCUT2D eigenvalue weighted by atomic mass is 10.4. The van der Waals surface area contributed by atoms with Crippen molar-refractivity contribution < 1.29 is 0 Å². The molecule has 0 spiro atoms. The van der Waals surface area contributed by atoms with Gasteiger partial charge in [0.2, 0.25) is 0 Å². The molecule has 2 heterocycles. The highest BCUT2D eigenvalue weighted by atomic mass is 127. The molecule has 0 fully saturated rings. The van der Waals surface area contributed by atoms with Gasteiger partial charge in [0.25, 0.3) is 0 Å². The van der Waals surface area contributed by atoms with Gasteiger partial charge in [-0.25, -0.2) is 9.97 Å². The van der Waals surface area contributed by atoms with Gasteiger partial charge in [0.15, 0.2) is 5.65 Å². The number of H-pyrrole nitrogens is 1. The van der Waals surface area contributed by atoms with Gasteiger partial charge in [-0.15, -0.1) is 0 Å². The van der Waals surface area contributed by atoms with Gasteiger partial charge in [-0.05, 0) is 29.5 Å². The molecule has 0 bridgehead atoms. The SMILES string of the molecule is C.C.CC.CC.Cc1cnc2[nH]cc(I)c2n1. The molecule has 0 aliphatic heterocycles. The minimum absolute atomic E-state index is 0. The highest BCUT2D eigenvalue weighted by molar-refractivity contribution is 14.1. The van der Waals surface area contributed by atoms with E-state index in [1.54, 1.807) is 6.20 Å². The van der Waals surface area contributed by atoms with E-state index in [1.807, 2.05) is 40.8 Å². The molecule has 3 nitrogen and oxygen atoms in total. The maximum absolute atomic E-state index is 4.33. The number of nitrogens with one attached hydrogen (secondary N) is 1. The molecule has 0 atom stereocenters. The summed E-state index contributed by atoms with van der Waals surface area (Å²) in [6, 6.07) is 0. The number of rotatable bonds is 0. The van der Waals surface area contributed by atoms with Gasteiger partial charge in [-0.2, -0.15) is 0 Å². The fraction of sp³-hybridized carbons (Fsp3) is 0.538. The zero-order valence-electron chi connectivity index (χ0n) is 9.93. The average Bonchev–Trinajstić information content (AvgIpc) is 2.66. The fourth-order valence-electron chi connectivity index (χ4n) is 0.950. The van der Waals surface area contributed by atoms with Crippen molar-refractivity contribution in [2.24, 2.45) is 0 Å². The molecule has 2 aromatic heterocycles. The third kappa shape index (κ3) is 6.00. The predicted molar refractivity (Wildman–Crippen MR) is 87.5 cm³/mol. The molecule has 0 unspecified atom stereocenters. The minimum Gasteiger partial charge on any atom is -0.344 e. The summed E-state index contributed by atoms with van der Waals surface area (Å²) in [5.74, 6) is 0. The van der Waals surface area contributed by atoms with E-state index in [4.69, 9.17) is 0 Å². The predicted octanol–water partition coefficient (Wildman–Crippen LogP) is 5.20. The van der Waals surface area contributed by atoms with Gasteiger partial charge in [0.1, 0.15) is 5.52 Å². The third-order valence-electron chi connectivity index (χ3n) is 1.45. The summed E-state index contributed by atoms with van der Waals surface area (Å²) in [5.41, 5.74) is 2.78. The summed E-state index contributed by atoms with van der Waals surface area (Å²) in [6.45, 7) is 9.94. The first kappa shape index (κ1) is 21.6. The molecular weight excluding hydrogens is 325 g/mol. The van der Waals surface area contributed by atoms with E-state index in [0.29, 0.717) is 0 Å². The Balaban J connectivity index is -0.000000299. The first-order valence-electron chi connectivity index (χ1n) is 5.23. The monoisotopic (exact) mass is 351 g/mol. The highest BCUT2D eigenvalue weighted by Gasteiger charge is 2.01. The summed E-state index contributed by atoms with van der Waals surface area (Å²) in [6.07, 6.45) is 3.67. The number of halogens is 1. The molecule has 0 aliphatic carbocycles. The highest BCUT2D eigenvalue weighted by Crippen LogP contribution is 2.15. The molecule has 0 aliphatic rings. The Hall–Kier alpha value is -0.650. The Morgan fingerprint density at radius 1 is 1.12 bits per heavy atom. The van der Waals surface area contributed by atoms with Gasteiger partial charge in [-0.1, -0.05) is 42.5 Å². The number of fused-ring (bicyclic) bond motifs is 1. The molecule has 100 valence electrons. The number of hydrogen-bond acceptors (Lipinski definition) is 2. The van der Waals surface area contributed by atoms with Crippen molar-refractivity contribution in [3.05, 3.63) is 21.7 Å². The van der Waals surface area contributed by atoms with Crippen LogP contribution in [0.25, 0.3) is 11.2 Å². The molecule has 2 aromatic rings. The van der Waals surface area contributed by atoms with E-state index in [-0.39, 0.29) is 14.9 Å². The largest absolute Gasteiger partial charge is 0.344 e. The number of hydrogen-bond donors (Lipinski definition) is 1. The topological polar surface area (TPSA) is 41.6 Å². The van der Waals surface area contributed by atoms with E-state index in [9.17, 15) is 0 Å². The normalized spacial score (nSPS) is 7.65. The van der Waals surface area contributed by atoms with Crippen molar-refractivity contribution in [2.45, 2.75) is 49.5 Å². The lowest BCUT2D eigenvalue weighted by Crippen LogP contribution is -1.84. The van der Waals surface area contributed by atoms with Crippen LogP contribution in [0.5, 0.6) is 0 Å². The maximum Gasteiger partial charge on any atom is 0.157 e. The summed E-state index contributed by atoms with van der Waals surface area (Å²) in [5, 5.41) is 0. The molecule has 0 amide bonds. The summed E-state index contributed by atoms with van der Waals surface area (Å²) in [7, 11) is 0. The van der Waals surface area contributed by atoms with Crippen molar-refractivity contribution in [3.63, 3.8) is 0 Å². The van der Waals surface area contributed by atoms with Crippen LogP contribution in [-0.2, 0) is 0 Å². The maximum atomic E-state index is 4.33. The van der Waals surface area contributed by atoms with Crippen LogP contribution in [0.4, 0.5) is 0 Å². The second-order valence-electron chi connectivity index (χ2n) is 2.35. The van der Waals surface area contributed by atoms with E-state index in [0.717, 1.165) is 20.4 Å². The summed E-state index contributed by atoms with van der Waals surface area (Å²) < 4.78 is 1.12. The third-order valence-corrected chi connectivity index (χ3v) is 2.28. The van der Waals surface area contributed by atoms with Gasteiger partial charge < -0.3 is 4.98 Å². The molecule has 0 aromatic carbocycles. The van der Waals surface area contributed by atoms with Crippen molar-refractivity contribution in [1.29, 1.82) is 0 Å². The standard InChI is InChI=1S/C7H6IN3.2C2H6.2CH4/c1-4-2-9-7-6(11-4)5(8)3-10-7;2*1-2;;/h2-3H,1H3,(H,9,10);2*1-2H3;2*1H4. The molecule has 2 rings (SSSR count). The van der Waals surface area contributed by atoms with Crippen LogP contribution in [0.3, 0.4) is 0 Å². The van der Waals surface area contributed by atoms with E-state index < -0.39 is 0 Å². The van der Waals surface area contributed by atoms with Gasteiger partial charge in [0.05, 0.1) is 15.5 Å². The van der Waals surface area contributed by atoms with Crippen LogP contribution in [0.15, 0.2) is 12.4 Å².